The van der Waals surface area contributed by atoms with Crippen LogP contribution in [0.4, 0.5) is 0 Å². The Morgan fingerprint density at radius 1 is 1.20 bits per heavy atom. The molecule has 3 nitrogen and oxygen atoms in total. The molecule has 0 fully saturated rings. The summed E-state index contributed by atoms with van der Waals surface area (Å²) in [7, 11) is 0. The van der Waals surface area contributed by atoms with Gasteiger partial charge in [-0.05, 0) is 17.0 Å². The predicted octanol–water partition coefficient (Wildman–Crippen LogP) is 1.01. The van der Waals surface area contributed by atoms with Gasteiger partial charge in [0.15, 0.2) is 6.54 Å². The molecular formula is C16H19N2OS+. The molecule has 0 radical (unpaired) electrons. The number of benzene rings is 1. The number of rotatable bonds is 4. The molecule has 1 aliphatic rings. The van der Waals surface area contributed by atoms with Crippen LogP contribution in [-0.2, 0) is 24.3 Å². The molecule has 2 heterocycles. The number of hydrogen-bond acceptors (Lipinski definition) is 2. The average Bonchev–Trinajstić information content (AvgIpc) is 2.98. The molecule has 0 saturated heterocycles. The Morgan fingerprint density at radius 2 is 2.05 bits per heavy atom. The SMILES string of the molecule is O=C(C[NH+]1CCc2ccccc2C1)NCc1cccs1. The summed E-state index contributed by atoms with van der Waals surface area (Å²) in [6, 6.07) is 12.6. The van der Waals surface area contributed by atoms with Crippen molar-refractivity contribution in [2.75, 3.05) is 13.1 Å². The Balaban J connectivity index is 1.50. The minimum absolute atomic E-state index is 0.146. The van der Waals surface area contributed by atoms with Gasteiger partial charge in [0.25, 0.3) is 5.91 Å². The summed E-state index contributed by atoms with van der Waals surface area (Å²) < 4.78 is 0. The van der Waals surface area contributed by atoms with Gasteiger partial charge in [-0.25, -0.2) is 0 Å². The molecule has 4 heteroatoms. The van der Waals surface area contributed by atoms with Crippen LogP contribution in [0.25, 0.3) is 0 Å². The largest absolute Gasteiger partial charge is 0.346 e. The second kappa shape index (κ2) is 6.20. The van der Waals surface area contributed by atoms with Crippen molar-refractivity contribution < 1.29 is 9.69 Å². The predicted molar refractivity (Wildman–Crippen MR) is 80.7 cm³/mol. The molecule has 0 bridgehead atoms. The van der Waals surface area contributed by atoms with E-state index in [2.05, 4.69) is 35.6 Å². The van der Waals surface area contributed by atoms with E-state index in [9.17, 15) is 4.79 Å². The molecule has 1 unspecified atom stereocenters. The Hall–Kier alpha value is -1.65. The van der Waals surface area contributed by atoms with Crippen molar-refractivity contribution >= 4 is 17.2 Å². The first-order valence-electron chi connectivity index (χ1n) is 7.01. The van der Waals surface area contributed by atoms with Crippen LogP contribution in [0, 0.1) is 0 Å². The second-order valence-electron chi connectivity index (χ2n) is 5.23. The van der Waals surface area contributed by atoms with Crippen molar-refractivity contribution in [3.05, 3.63) is 57.8 Å². The van der Waals surface area contributed by atoms with E-state index in [1.807, 2.05) is 11.4 Å². The van der Waals surface area contributed by atoms with Gasteiger partial charge < -0.3 is 10.2 Å². The molecule has 20 heavy (non-hydrogen) atoms. The van der Waals surface area contributed by atoms with E-state index in [1.165, 1.54) is 20.9 Å². The van der Waals surface area contributed by atoms with E-state index in [0.717, 1.165) is 19.5 Å². The quantitative estimate of drug-likeness (QED) is 0.864. The molecule has 2 aromatic rings. The van der Waals surface area contributed by atoms with E-state index in [4.69, 9.17) is 0 Å². The number of thiophene rings is 1. The first-order chi connectivity index (χ1) is 9.81. The summed E-state index contributed by atoms with van der Waals surface area (Å²) in [5, 5.41) is 5.04. The third-order valence-electron chi connectivity index (χ3n) is 3.76. The first kappa shape index (κ1) is 13.3. The van der Waals surface area contributed by atoms with Gasteiger partial charge in [0.2, 0.25) is 0 Å². The monoisotopic (exact) mass is 287 g/mol. The van der Waals surface area contributed by atoms with E-state index in [-0.39, 0.29) is 5.91 Å². The molecule has 0 aliphatic carbocycles. The summed E-state index contributed by atoms with van der Waals surface area (Å²) >= 11 is 1.68. The lowest BCUT2D eigenvalue weighted by atomic mass is 10.00. The van der Waals surface area contributed by atoms with Gasteiger partial charge in [-0.1, -0.05) is 30.3 Å². The highest BCUT2D eigenvalue weighted by Gasteiger charge is 2.21. The Kier molecular flexibility index (Phi) is 4.14. The number of carbonyl (C=O) groups excluding carboxylic acids is 1. The van der Waals surface area contributed by atoms with Gasteiger partial charge in [0, 0.05) is 16.9 Å². The highest BCUT2D eigenvalue weighted by atomic mass is 32.1. The Morgan fingerprint density at radius 3 is 2.85 bits per heavy atom. The van der Waals surface area contributed by atoms with Gasteiger partial charge in [0.1, 0.15) is 6.54 Å². The fourth-order valence-corrected chi connectivity index (χ4v) is 3.33. The molecule has 2 N–H and O–H groups in total. The maximum absolute atomic E-state index is 12.0. The van der Waals surface area contributed by atoms with Gasteiger partial charge in [0.05, 0.1) is 13.1 Å². The van der Waals surface area contributed by atoms with Crippen molar-refractivity contribution in [1.29, 1.82) is 0 Å². The zero-order chi connectivity index (χ0) is 13.8. The Labute approximate surface area is 123 Å². The Bertz CT molecular complexity index is 580. The molecule has 1 aliphatic heterocycles. The topological polar surface area (TPSA) is 33.5 Å². The highest BCUT2D eigenvalue weighted by Crippen LogP contribution is 2.10. The summed E-state index contributed by atoms with van der Waals surface area (Å²) in [4.78, 5) is 14.6. The standard InChI is InChI=1S/C16H18N2OS/c19-16(17-10-15-6-3-9-20-15)12-18-8-7-13-4-1-2-5-14(13)11-18/h1-6,9H,7-8,10-12H2,(H,17,19)/p+1. The van der Waals surface area contributed by atoms with Crippen molar-refractivity contribution in [1.82, 2.24) is 5.32 Å². The highest BCUT2D eigenvalue weighted by molar-refractivity contribution is 7.09. The van der Waals surface area contributed by atoms with Crippen LogP contribution >= 0.6 is 11.3 Å². The van der Waals surface area contributed by atoms with Crippen molar-refractivity contribution in [3.63, 3.8) is 0 Å². The van der Waals surface area contributed by atoms with Crippen LogP contribution < -0.4 is 10.2 Å². The van der Waals surface area contributed by atoms with E-state index < -0.39 is 0 Å². The van der Waals surface area contributed by atoms with Gasteiger partial charge in [-0.3, -0.25) is 4.79 Å². The fourth-order valence-electron chi connectivity index (χ4n) is 2.68. The number of hydrogen-bond donors (Lipinski definition) is 2. The smallest absolute Gasteiger partial charge is 0.275 e. The van der Waals surface area contributed by atoms with Gasteiger partial charge >= 0.3 is 0 Å². The maximum atomic E-state index is 12.0. The number of amides is 1. The molecule has 0 spiro atoms. The minimum atomic E-state index is 0.146. The fraction of sp³-hybridized carbons (Fsp3) is 0.312. The minimum Gasteiger partial charge on any atom is -0.346 e. The van der Waals surface area contributed by atoms with Crippen LogP contribution in [-0.4, -0.2) is 19.0 Å². The average molecular weight is 287 g/mol. The van der Waals surface area contributed by atoms with Crippen molar-refractivity contribution in [2.45, 2.75) is 19.5 Å². The van der Waals surface area contributed by atoms with Crippen LogP contribution in [0.1, 0.15) is 16.0 Å². The third kappa shape index (κ3) is 3.26. The van der Waals surface area contributed by atoms with Crippen LogP contribution in [0.3, 0.4) is 0 Å². The summed E-state index contributed by atoms with van der Waals surface area (Å²) in [5.41, 5.74) is 2.83. The summed E-state index contributed by atoms with van der Waals surface area (Å²) in [5.74, 6) is 0.146. The van der Waals surface area contributed by atoms with Crippen LogP contribution in [0.2, 0.25) is 0 Å². The molecule has 1 aromatic heterocycles. The lowest BCUT2D eigenvalue weighted by molar-refractivity contribution is -0.908. The molecule has 0 saturated carbocycles. The lowest BCUT2D eigenvalue weighted by Gasteiger charge is -2.25. The molecule has 1 atom stereocenters. The lowest BCUT2D eigenvalue weighted by Crippen LogP contribution is -3.12. The zero-order valence-electron chi connectivity index (χ0n) is 11.4. The van der Waals surface area contributed by atoms with Crippen molar-refractivity contribution in [2.24, 2.45) is 0 Å². The second-order valence-corrected chi connectivity index (χ2v) is 6.26. The number of nitrogens with one attached hydrogen (secondary N) is 2. The molecular weight excluding hydrogens is 268 g/mol. The van der Waals surface area contributed by atoms with Crippen LogP contribution in [0.5, 0.6) is 0 Å². The molecule has 1 aromatic carbocycles. The van der Waals surface area contributed by atoms with E-state index in [1.54, 1.807) is 11.3 Å². The van der Waals surface area contributed by atoms with Gasteiger partial charge in [-0.15, -0.1) is 11.3 Å². The first-order valence-corrected chi connectivity index (χ1v) is 7.88. The van der Waals surface area contributed by atoms with Gasteiger partial charge in [-0.2, -0.15) is 0 Å². The molecule has 3 rings (SSSR count). The number of carbonyl (C=O) groups is 1. The normalized spacial score (nSPS) is 17.5. The zero-order valence-corrected chi connectivity index (χ0v) is 12.2. The summed E-state index contributed by atoms with van der Waals surface area (Å²) in [6.07, 6.45) is 1.07. The third-order valence-corrected chi connectivity index (χ3v) is 4.63. The number of quaternary nitrogens is 1. The van der Waals surface area contributed by atoms with E-state index in [0.29, 0.717) is 13.1 Å². The molecule has 104 valence electrons. The maximum Gasteiger partial charge on any atom is 0.275 e. The van der Waals surface area contributed by atoms with Crippen molar-refractivity contribution in [3.8, 4) is 0 Å². The molecule has 1 amide bonds. The summed E-state index contributed by atoms with van der Waals surface area (Å²) in [6.45, 7) is 3.23. The van der Waals surface area contributed by atoms with Crippen LogP contribution in [0.15, 0.2) is 41.8 Å². The van der Waals surface area contributed by atoms with E-state index >= 15 is 0 Å². The number of fused-ring (bicyclic) bond motifs is 1.